The van der Waals surface area contributed by atoms with E-state index in [0.29, 0.717) is 0 Å². The minimum absolute atomic E-state index is 0.821. The van der Waals surface area contributed by atoms with Crippen molar-refractivity contribution in [2.45, 2.75) is 46.7 Å². The van der Waals surface area contributed by atoms with Crippen molar-refractivity contribution in [1.29, 1.82) is 0 Å². The average Bonchev–Trinajstić information content (AvgIpc) is 2.62. The summed E-state index contributed by atoms with van der Waals surface area (Å²) in [4.78, 5) is 0. The Morgan fingerprint density at radius 3 is 2.87 bits per heavy atom. The number of hydrogen-bond acceptors (Lipinski definition) is 1. The fourth-order valence-corrected chi connectivity index (χ4v) is 1.69. The second-order valence-electron chi connectivity index (χ2n) is 4.57. The van der Waals surface area contributed by atoms with Gasteiger partial charge in [0.15, 0.2) is 0 Å². The molecule has 0 aliphatic heterocycles. The predicted molar refractivity (Wildman–Crippen MR) is 65.9 cm³/mol. The Kier molecular flexibility index (Phi) is 5.48. The first-order valence-corrected chi connectivity index (χ1v) is 6.07. The molecular formula is C13H24N2. The average molecular weight is 208 g/mol. The van der Waals surface area contributed by atoms with Crippen molar-refractivity contribution in [3.8, 4) is 0 Å². The molecule has 0 saturated carbocycles. The molecule has 0 saturated heterocycles. The molecule has 86 valence electrons. The lowest BCUT2D eigenvalue weighted by Gasteiger charge is -2.05. The van der Waals surface area contributed by atoms with Gasteiger partial charge in [-0.25, -0.2) is 0 Å². The summed E-state index contributed by atoms with van der Waals surface area (Å²) >= 11 is 0. The molecule has 0 radical (unpaired) electrons. The van der Waals surface area contributed by atoms with Crippen LogP contribution in [0.5, 0.6) is 0 Å². The van der Waals surface area contributed by atoms with Crippen LogP contribution < -0.4 is 5.32 Å². The largest absolute Gasteiger partial charge is 0.354 e. The summed E-state index contributed by atoms with van der Waals surface area (Å²) in [5.41, 5.74) is 1.39. The van der Waals surface area contributed by atoms with E-state index in [1.165, 1.54) is 18.4 Å². The van der Waals surface area contributed by atoms with Crippen molar-refractivity contribution in [3.63, 3.8) is 0 Å². The Hall–Kier alpha value is -0.760. The van der Waals surface area contributed by atoms with E-state index in [0.717, 1.165) is 25.6 Å². The summed E-state index contributed by atoms with van der Waals surface area (Å²) in [6.45, 7) is 9.90. The van der Waals surface area contributed by atoms with Crippen LogP contribution in [-0.4, -0.2) is 11.1 Å². The topological polar surface area (TPSA) is 17.0 Å². The van der Waals surface area contributed by atoms with E-state index >= 15 is 0 Å². The van der Waals surface area contributed by atoms with Crippen LogP contribution in [0.2, 0.25) is 0 Å². The normalized spacial score (nSPS) is 11.2. The van der Waals surface area contributed by atoms with E-state index in [4.69, 9.17) is 0 Å². The molecule has 0 atom stereocenters. The van der Waals surface area contributed by atoms with Crippen LogP contribution in [0.1, 0.15) is 39.2 Å². The van der Waals surface area contributed by atoms with Gasteiger partial charge in [-0.1, -0.05) is 20.8 Å². The third-order valence-electron chi connectivity index (χ3n) is 2.59. The summed E-state index contributed by atoms with van der Waals surface area (Å²) in [5.74, 6) is 0.821. The van der Waals surface area contributed by atoms with E-state index in [9.17, 15) is 0 Å². The lowest BCUT2D eigenvalue weighted by Crippen LogP contribution is -2.11. The van der Waals surface area contributed by atoms with Crippen molar-refractivity contribution in [1.82, 2.24) is 9.88 Å². The van der Waals surface area contributed by atoms with Gasteiger partial charge in [-0.05, 0) is 36.9 Å². The Balaban J connectivity index is 2.26. The number of aryl methyl sites for hydroxylation is 1. The first-order chi connectivity index (χ1) is 7.22. The van der Waals surface area contributed by atoms with Gasteiger partial charge in [-0.15, -0.1) is 0 Å². The number of hydrogen-bond donors (Lipinski definition) is 1. The number of nitrogens with zero attached hydrogens (tertiary/aromatic N) is 1. The highest BCUT2D eigenvalue weighted by Gasteiger charge is 1.97. The van der Waals surface area contributed by atoms with E-state index in [2.05, 4.69) is 49.1 Å². The van der Waals surface area contributed by atoms with Crippen molar-refractivity contribution < 1.29 is 0 Å². The molecule has 1 heterocycles. The summed E-state index contributed by atoms with van der Waals surface area (Å²) < 4.78 is 2.30. The standard InChI is InChI=1S/C13H24N2/c1-4-14-10-13-7-9-15(11-13)8-5-6-12(2)3/h7,9,11-12,14H,4-6,8,10H2,1-3H3. The lowest BCUT2D eigenvalue weighted by atomic mass is 10.1. The van der Waals surface area contributed by atoms with Crippen LogP contribution in [0.3, 0.4) is 0 Å². The molecule has 1 N–H and O–H groups in total. The molecule has 0 aliphatic carbocycles. The van der Waals surface area contributed by atoms with Gasteiger partial charge in [-0.2, -0.15) is 0 Å². The van der Waals surface area contributed by atoms with Crippen LogP contribution in [0.4, 0.5) is 0 Å². The van der Waals surface area contributed by atoms with Crippen LogP contribution in [-0.2, 0) is 13.1 Å². The van der Waals surface area contributed by atoms with Crippen LogP contribution in [0.25, 0.3) is 0 Å². The fraction of sp³-hybridized carbons (Fsp3) is 0.692. The van der Waals surface area contributed by atoms with E-state index in [-0.39, 0.29) is 0 Å². The molecular weight excluding hydrogens is 184 g/mol. The molecule has 2 nitrogen and oxygen atoms in total. The second-order valence-corrected chi connectivity index (χ2v) is 4.57. The molecule has 1 aromatic rings. The van der Waals surface area contributed by atoms with Gasteiger partial charge in [0.2, 0.25) is 0 Å². The van der Waals surface area contributed by atoms with Gasteiger partial charge < -0.3 is 9.88 Å². The molecule has 0 spiro atoms. The minimum Gasteiger partial charge on any atom is -0.354 e. The second kappa shape index (κ2) is 6.67. The first-order valence-electron chi connectivity index (χ1n) is 6.07. The molecule has 0 unspecified atom stereocenters. The zero-order chi connectivity index (χ0) is 11.1. The molecule has 1 rings (SSSR count). The quantitative estimate of drug-likeness (QED) is 0.729. The maximum atomic E-state index is 3.34. The van der Waals surface area contributed by atoms with Gasteiger partial charge in [0, 0.05) is 25.5 Å². The Morgan fingerprint density at radius 2 is 2.20 bits per heavy atom. The Morgan fingerprint density at radius 1 is 1.40 bits per heavy atom. The van der Waals surface area contributed by atoms with Gasteiger partial charge in [0.05, 0.1) is 0 Å². The first kappa shape index (κ1) is 12.3. The van der Waals surface area contributed by atoms with E-state index < -0.39 is 0 Å². The molecule has 0 bridgehead atoms. The fourth-order valence-electron chi connectivity index (χ4n) is 1.69. The van der Waals surface area contributed by atoms with E-state index in [1.807, 2.05) is 0 Å². The van der Waals surface area contributed by atoms with Crippen LogP contribution in [0, 0.1) is 5.92 Å². The molecule has 15 heavy (non-hydrogen) atoms. The van der Waals surface area contributed by atoms with Gasteiger partial charge >= 0.3 is 0 Å². The van der Waals surface area contributed by atoms with Crippen LogP contribution in [0.15, 0.2) is 18.5 Å². The number of rotatable bonds is 7. The molecule has 1 aromatic heterocycles. The Labute approximate surface area is 93.7 Å². The third-order valence-corrected chi connectivity index (χ3v) is 2.59. The summed E-state index contributed by atoms with van der Waals surface area (Å²) in [6, 6.07) is 2.21. The highest BCUT2D eigenvalue weighted by molar-refractivity contribution is 5.09. The summed E-state index contributed by atoms with van der Waals surface area (Å²) in [5, 5.41) is 3.34. The van der Waals surface area contributed by atoms with Crippen LogP contribution >= 0.6 is 0 Å². The zero-order valence-corrected chi connectivity index (χ0v) is 10.3. The van der Waals surface area contributed by atoms with Gasteiger partial charge in [-0.3, -0.25) is 0 Å². The highest BCUT2D eigenvalue weighted by Crippen LogP contribution is 2.07. The summed E-state index contributed by atoms with van der Waals surface area (Å²) in [6.07, 6.45) is 7.05. The molecule has 0 aromatic carbocycles. The number of nitrogens with one attached hydrogen (secondary N) is 1. The maximum absolute atomic E-state index is 3.34. The maximum Gasteiger partial charge on any atom is 0.0220 e. The molecule has 0 amide bonds. The molecule has 0 aliphatic rings. The monoisotopic (exact) mass is 208 g/mol. The lowest BCUT2D eigenvalue weighted by molar-refractivity contribution is 0.512. The highest BCUT2D eigenvalue weighted by atomic mass is 14.9. The van der Waals surface area contributed by atoms with E-state index in [1.54, 1.807) is 0 Å². The van der Waals surface area contributed by atoms with Crippen molar-refractivity contribution in [2.75, 3.05) is 6.54 Å². The smallest absolute Gasteiger partial charge is 0.0220 e. The van der Waals surface area contributed by atoms with Crippen molar-refractivity contribution >= 4 is 0 Å². The van der Waals surface area contributed by atoms with Gasteiger partial charge in [0.1, 0.15) is 0 Å². The minimum atomic E-state index is 0.821. The number of aromatic nitrogens is 1. The molecule has 0 fully saturated rings. The SMILES string of the molecule is CCNCc1ccn(CCCC(C)C)c1. The van der Waals surface area contributed by atoms with Crippen molar-refractivity contribution in [3.05, 3.63) is 24.0 Å². The van der Waals surface area contributed by atoms with Crippen molar-refractivity contribution in [2.24, 2.45) is 5.92 Å². The Bertz CT molecular complexity index is 263. The third kappa shape index (κ3) is 5.03. The zero-order valence-electron chi connectivity index (χ0n) is 10.3. The predicted octanol–water partition coefficient (Wildman–Crippen LogP) is 3.03. The van der Waals surface area contributed by atoms with Gasteiger partial charge in [0.25, 0.3) is 0 Å². The summed E-state index contributed by atoms with van der Waals surface area (Å²) in [7, 11) is 0. The molecule has 2 heteroatoms.